The number of rotatable bonds is 1. The van der Waals surface area contributed by atoms with Crippen molar-refractivity contribution < 1.29 is 18.0 Å². The summed E-state index contributed by atoms with van der Waals surface area (Å²) in [6.07, 6.45) is 1.03. The smallest absolute Gasteiger partial charge is 0.334 e. The van der Waals surface area contributed by atoms with Gasteiger partial charge in [-0.05, 0) is 49.5 Å². The van der Waals surface area contributed by atoms with Gasteiger partial charge in [-0.15, -0.1) is 0 Å². The number of fused-ring (bicyclic) bond motifs is 5. The van der Waals surface area contributed by atoms with Crippen LogP contribution >= 0.6 is 11.6 Å². The minimum absolute atomic E-state index is 0.0796. The number of aromatic nitrogens is 3. The molecular formula is C26H26ClF3N4O. The maximum atomic E-state index is 14.4. The van der Waals surface area contributed by atoms with Gasteiger partial charge in [0, 0.05) is 23.7 Å². The minimum Gasteiger partial charge on any atom is -0.334 e. The van der Waals surface area contributed by atoms with Crippen molar-refractivity contribution in [3.8, 4) is 11.3 Å². The summed E-state index contributed by atoms with van der Waals surface area (Å²) in [4.78, 5) is 20.1. The van der Waals surface area contributed by atoms with E-state index in [9.17, 15) is 18.0 Å². The first-order valence-corrected chi connectivity index (χ1v) is 12.7. The topological polar surface area (TPSA) is 50.5 Å². The fourth-order valence-electron chi connectivity index (χ4n) is 6.47. The number of hydrogen-bond acceptors (Lipinski definition) is 3. The predicted octanol–water partition coefficient (Wildman–Crippen LogP) is 6.21. The summed E-state index contributed by atoms with van der Waals surface area (Å²) in [5, 5.41) is 4.07. The Morgan fingerprint density at radius 1 is 1.11 bits per heavy atom. The molecule has 6 rings (SSSR count). The lowest BCUT2D eigenvalue weighted by molar-refractivity contribution is -0.143. The molecule has 3 aromatic rings. The van der Waals surface area contributed by atoms with E-state index < -0.39 is 17.8 Å². The second-order valence-corrected chi connectivity index (χ2v) is 10.5. The molecule has 3 atom stereocenters. The van der Waals surface area contributed by atoms with Crippen molar-refractivity contribution in [1.29, 1.82) is 0 Å². The summed E-state index contributed by atoms with van der Waals surface area (Å²) in [6.45, 7) is 2.79. The second kappa shape index (κ2) is 8.22. The zero-order chi connectivity index (χ0) is 24.5. The van der Waals surface area contributed by atoms with Crippen molar-refractivity contribution in [2.24, 2.45) is 11.8 Å². The molecule has 1 saturated carbocycles. The number of alkyl halides is 3. The Morgan fingerprint density at radius 2 is 1.89 bits per heavy atom. The molecule has 0 bridgehead atoms. The number of amides is 1. The molecule has 1 saturated heterocycles. The van der Waals surface area contributed by atoms with Crippen molar-refractivity contribution in [3.63, 3.8) is 0 Å². The molecule has 0 spiro atoms. The number of halogens is 4. The van der Waals surface area contributed by atoms with Gasteiger partial charge in [0.2, 0.25) is 0 Å². The van der Waals surface area contributed by atoms with Crippen molar-refractivity contribution in [1.82, 2.24) is 19.5 Å². The van der Waals surface area contributed by atoms with E-state index >= 15 is 0 Å². The van der Waals surface area contributed by atoms with Crippen LogP contribution < -0.4 is 0 Å². The van der Waals surface area contributed by atoms with E-state index in [1.807, 2.05) is 12.1 Å². The lowest BCUT2D eigenvalue weighted by Gasteiger charge is -2.47. The minimum atomic E-state index is -4.68. The number of benzene rings is 1. The van der Waals surface area contributed by atoms with Crippen LogP contribution in [0.1, 0.15) is 66.3 Å². The first kappa shape index (κ1) is 22.8. The van der Waals surface area contributed by atoms with Crippen LogP contribution in [-0.4, -0.2) is 38.0 Å². The van der Waals surface area contributed by atoms with E-state index in [1.165, 1.54) is 0 Å². The largest absolute Gasteiger partial charge is 0.433 e. The van der Waals surface area contributed by atoms with Gasteiger partial charge < -0.3 is 4.90 Å². The molecule has 3 heterocycles. The van der Waals surface area contributed by atoms with E-state index in [0.717, 1.165) is 42.2 Å². The van der Waals surface area contributed by atoms with Crippen molar-refractivity contribution in [3.05, 3.63) is 51.8 Å². The standard InChI is InChI=1S/C26H26ClF3N4O/c1-14-12-13-33(19-9-5-4-7-16(14)19)25(35)22-20(27)24-31-21-17-8-3-2-6-15(17)10-11-18(21)23(26(28,29)30)34(24)32-22/h2-3,6,8,14,16,19H,4-5,7,9-13H2,1H3. The van der Waals surface area contributed by atoms with Crippen molar-refractivity contribution in [2.45, 2.75) is 64.1 Å². The number of aryl methyl sites for hydroxylation is 1. The van der Waals surface area contributed by atoms with Crippen LogP contribution in [0, 0.1) is 11.8 Å². The average Bonchev–Trinajstić information content (AvgIpc) is 3.17. The Kier molecular flexibility index (Phi) is 5.36. The molecule has 1 amide bonds. The molecule has 2 fully saturated rings. The molecule has 0 N–H and O–H groups in total. The monoisotopic (exact) mass is 502 g/mol. The van der Waals surface area contributed by atoms with Crippen LogP contribution in [0.3, 0.4) is 0 Å². The lowest BCUT2D eigenvalue weighted by atomic mass is 9.72. The molecule has 35 heavy (non-hydrogen) atoms. The summed E-state index contributed by atoms with van der Waals surface area (Å²) >= 11 is 6.61. The van der Waals surface area contributed by atoms with Gasteiger partial charge in [-0.2, -0.15) is 18.3 Å². The molecule has 9 heteroatoms. The van der Waals surface area contributed by atoms with Gasteiger partial charge >= 0.3 is 6.18 Å². The molecule has 5 nitrogen and oxygen atoms in total. The number of hydrogen-bond donors (Lipinski definition) is 0. The van der Waals surface area contributed by atoms with E-state index in [4.69, 9.17) is 11.6 Å². The first-order chi connectivity index (χ1) is 16.8. The van der Waals surface area contributed by atoms with E-state index in [1.54, 1.807) is 17.0 Å². The molecule has 2 aromatic heterocycles. The average molecular weight is 503 g/mol. The maximum absolute atomic E-state index is 14.4. The first-order valence-electron chi connectivity index (χ1n) is 12.3. The molecule has 1 aliphatic heterocycles. The third kappa shape index (κ3) is 3.55. The Bertz CT molecular complexity index is 1330. The molecule has 3 unspecified atom stereocenters. The SMILES string of the molecule is CC1CCN(C(=O)c2nn3c(C(F)(F)F)c4c(nc3c2Cl)-c2ccccc2CC4)C2CCCCC12. The summed E-state index contributed by atoms with van der Waals surface area (Å²) in [6, 6.07) is 7.43. The highest BCUT2D eigenvalue weighted by Gasteiger charge is 2.43. The highest BCUT2D eigenvalue weighted by Crippen LogP contribution is 2.43. The van der Waals surface area contributed by atoms with Crippen LogP contribution in [0.4, 0.5) is 13.2 Å². The quantitative estimate of drug-likeness (QED) is 0.397. The number of likely N-dealkylation sites (tertiary alicyclic amines) is 1. The van der Waals surface area contributed by atoms with Crippen LogP contribution in [0.2, 0.25) is 5.02 Å². The van der Waals surface area contributed by atoms with Crippen molar-refractivity contribution >= 4 is 23.2 Å². The lowest BCUT2D eigenvalue weighted by Crippen LogP contribution is -2.52. The molecule has 3 aliphatic rings. The Hall–Kier alpha value is -2.61. The normalized spacial score (nSPS) is 24.1. The van der Waals surface area contributed by atoms with Gasteiger partial charge in [0.05, 0.1) is 5.69 Å². The highest BCUT2D eigenvalue weighted by atomic mass is 35.5. The third-order valence-corrected chi connectivity index (χ3v) is 8.54. The Morgan fingerprint density at radius 3 is 2.69 bits per heavy atom. The molecule has 1 aromatic carbocycles. The highest BCUT2D eigenvalue weighted by molar-refractivity contribution is 6.36. The summed E-state index contributed by atoms with van der Waals surface area (Å²) < 4.78 is 44.0. The van der Waals surface area contributed by atoms with Gasteiger partial charge in [-0.25, -0.2) is 9.50 Å². The molecular weight excluding hydrogens is 477 g/mol. The summed E-state index contributed by atoms with van der Waals surface area (Å²) in [7, 11) is 0. The maximum Gasteiger partial charge on any atom is 0.433 e. The zero-order valence-corrected chi connectivity index (χ0v) is 20.2. The molecule has 184 valence electrons. The van der Waals surface area contributed by atoms with Gasteiger partial charge in [0.1, 0.15) is 5.02 Å². The number of nitrogens with zero attached hydrogens (tertiary/aromatic N) is 4. The van der Waals surface area contributed by atoms with E-state index in [-0.39, 0.29) is 40.1 Å². The zero-order valence-electron chi connectivity index (χ0n) is 19.4. The van der Waals surface area contributed by atoms with Gasteiger partial charge in [0.15, 0.2) is 17.0 Å². The Labute approximate surface area is 206 Å². The van der Waals surface area contributed by atoms with Crippen LogP contribution in [0.15, 0.2) is 24.3 Å². The second-order valence-electron chi connectivity index (χ2n) is 10.1. The number of carbonyl (C=O) groups excluding carboxylic acids is 1. The number of piperidine rings is 1. The molecule has 0 radical (unpaired) electrons. The van der Waals surface area contributed by atoms with E-state index in [2.05, 4.69) is 17.0 Å². The van der Waals surface area contributed by atoms with Crippen LogP contribution in [-0.2, 0) is 19.0 Å². The van der Waals surface area contributed by atoms with E-state index in [0.29, 0.717) is 30.4 Å². The summed E-state index contributed by atoms with van der Waals surface area (Å²) in [5.41, 5.74) is 0.829. The van der Waals surface area contributed by atoms with Gasteiger partial charge in [-0.3, -0.25) is 4.79 Å². The Balaban J connectivity index is 1.51. The van der Waals surface area contributed by atoms with Gasteiger partial charge in [0.25, 0.3) is 5.91 Å². The summed E-state index contributed by atoms with van der Waals surface area (Å²) in [5.74, 6) is 0.534. The third-order valence-electron chi connectivity index (χ3n) is 8.19. The van der Waals surface area contributed by atoms with Crippen LogP contribution in [0.5, 0.6) is 0 Å². The van der Waals surface area contributed by atoms with Crippen molar-refractivity contribution in [2.75, 3.05) is 6.54 Å². The molecule has 2 aliphatic carbocycles. The van der Waals surface area contributed by atoms with Gasteiger partial charge in [-0.1, -0.05) is 55.6 Å². The predicted molar refractivity (Wildman–Crippen MR) is 126 cm³/mol. The fraction of sp³-hybridized carbons (Fsp3) is 0.500. The fourth-order valence-corrected chi connectivity index (χ4v) is 6.71. The number of carbonyl (C=O) groups is 1. The van der Waals surface area contributed by atoms with Crippen LogP contribution in [0.25, 0.3) is 16.9 Å².